The highest BCUT2D eigenvalue weighted by atomic mass is 35.5. The molecule has 0 spiro atoms. The maximum absolute atomic E-state index is 9.65. The molecule has 2 N–H and O–H groups in total. The van der Waals surface area contributed by atoms with Crippen LogP contribution in [-0.4, -0.2) is 27.7 Å². The van der Waals surface area contributed by atoms with Gasteiger partial charge in [0.15, 0.2) is 0 Å². The van der Waals surface area contributed by atoms with Crippen LogP contribution in [0.2, 0.25) is 5.15 Å². The van der Waals surface area contributed by atoms with E-state index < -0.39 is 0 Å². The van der Waals surface area contributed by atoms with E-state index in [2.05, 4.69) is 15.3 Å². The SMILES string of the molecule is Cc1nc(Cl)cc(NCC(O)C2CC2)n1. The van der Waals surface area contributed by atoms with Crippen molar-refractivity contribution in [1.82, 2.24) is 9.97 Å². The van der Waals surface area contributed by atoms with Crippen molar-refractivity contribution in [2.24, 2.45) is 5.92 Å². The molecule has 4 nitrogen and oxygen atoms in total. The van der Waals surface area contributed by atoms with Gasteiger partial charge in [-0.2, -0.15) is 0 Å². The second-order valence-electron chi connectivity index (χ2n) is 3.91. The Labute approximate surface area is 93.7 Å². The van der Waals surface area contributed by atoms with Gasteiger partial charge in [-0.15, -0.1) is 0 Å². The van der Waals surface area contributed by atoms with E-state index in [1.807, 2.05) is 0 Å². The molecule has 0 amide bonds. The summed E-state index contributed by atoms with van der Waals surface area (Å²) in [5, 5.41) is 13.1. The van der Waals surface area contributed by atoms with Crippen molar-refractivity contribution in [2.75, 3.05) is 11.9 Å². The van der Waals surface area contributed by atoms with Crippen molar-refractivity contribution in [2.45, 2.75) is 25.9 Å². The van der Waals surface area contributed by atoms with Gasteiger partial charge in [0.05, 0.1) is 6.10 Å². The molecule has 1 atom stereocenters. The topological polar surface area (TPSA) is 58.0 Å². The zero-order chi connectivity index (χ0) is 10.8. The van der Waals surface area contributed by atoms with Crippen molar-refractivity contribution in [1.29, 1.82) is 0 Å². The molecule has 0 saturated heterocycles. The highest BCUT2D eigenvalue weighted by Gasteiger charge is 2.29. The maximum Gasteiger partial charge on any atom is 0.134 e. The van der Waals surface area contributed by atoms with Crippen LogP contribution in [0.25, 0.3) is 0 Å². The van der Waals surface area contributed by atoms with Crippen LogP contribution in [0.15, 0.2) is 6.07 Å². The molecule has 1 fully saturated rings. The number of hydrogen-bond donors (Lipinski definition) is 2. The number of halogens is 1. The molecule has 1 aliphatic carbocycles. The quantitative estimate of drug-likeness (QED) is 0.768. The van der Waals surface area contributed by atoms with E-state index in [0.29, 0.717) is 29.3 Å². The molecule has 0 bridgehead atoms. The van der Waals surface area contributed by atoms with E-state index in [9.17, 15) is 5.11 Å². The van der Waals surface area contributed by atoms with Gasteiger partial charge in [-0.25, -0.2) is 9.97 Å². The highest BCUT2D eigenvalue weighted by Crippen LogP contribution is 2.32. The van der Waals surface area contributed by atoms with Gasteiger partial charge in [-0.1, -0.05) is 11.6 Å². The zero-order valence-electron chi connectivity index (χ0n) is 8.57. The van der Waals surface area contributed by atoms with Gasteiger partial charge in [0.25, 0.3) is 0 Å². The monoisotopic (exact) mass is 227 g/mol. The summed E-state index contributed by atoms with van der Waals surface area (Å²) in [4.78, 5) is 8.13. The van der Waals surface area contributed by atoms with Gasteiger partial charge in [-0.05, 0) is 25.7 Å². The van der Waals surface area contributed by atoms with Crippen LogP contribution < -0.4 is 5.32 Å². The lowest BCUT2D eigenvalue weighted by molar-refractivity contribution is 0.164. The summed E-state index contributed by atoms with van der Waals surface area (Å²) in [6.07, 6.45) is 1.98. The predicted octanol–water partition coefficient (Wildman–Crippen LogP) is 1.62. The molecule has 1 aromatic rings. The lowest BCUT2D eigenvalue weighted by atomic mass is 10.2. The molecular weight excluding hydrogens is 214 g/mol. The molecule has 1 aliphatic rings. The predicted molar refractivity (Wildman–Crippen MR) is 59.0 cm³/mol. The second-order valence-corrected chi connectivity index (χ2v) is 4.30. The minimum Gasteiger partial charge on any atom is -0.391 e. The maximum atomic E-state index is 9.65. The largest absolute Gasteiger partial charge is 0.391 e. The van der Waals surface area contributed by atoms with Gasteiger partial charge < -0.3 is 10.4 Å². The number of aromatic nitrogens is 2. The normalized spacial score (nSPS) is 17.5. The summed E-state index contributed by atoms with van der Waals surface area (Å²) in [5.74, 6) is 1.77. The van der Waals surface area contributed by atoms with E-state index in [0.717, 1.165) is 12.8 Å². The summed E-state index contributed by atoms with van der Waals surface area (Å²) in [5.41, 5.74) is 0. The number of aliphatic hydroxyl groups is 1. The van der Waals surface area contributed by atoms with Crippen LogP contribution in [0, 0.1) is 12.8 Å². The molecule has 0 radical (unpaired) electrons. The third-order valence-corrected chi connectivity index (χ3v) is 2.66. The fraction of sp³-hybridized carbons (Fsp3) is 0.600. The average Bonchev–Trinajstić information content (AvgIpc) is 2.95. The number of hydrogen-bond acceptors (Lipinski definition) is 4. The third-order valence-electron chi connectivity index (χ3n) is 2.47. The number of rotatable bonds is 4. The summed E-state index contributed by atoms with van der Waals surface area (Å²) in [6, 6.07) is 1.66. The minimum atomic E-state index is -0.279. The summed E-state index contributed by atoms with van der Waals surface area (Å²) < 4.78 is 0. The Bertz CT molecular complexity index is 334. The van der Waals surface area contributed by atoms with Crippen molar-refractivity contribution in [3.05, 3.63) is 17.0 Å². The lowest BCUT2D eigenvalue weighted by Crippen LogP contribution is -2.21. The molecule has 0 aliphatic heterocycles. The van der Waals surface area contributed by atoms with E-state index >= 15 is 0 Å². The molecule has 1 heterocycles. The Morgan fingerprint density at radius 2 is 2.33 bits per heavy atom. The smallest absolute Gasteiger partial charge is 0.134 e. The van der Waals surface area contributed by atoms with Crippen molar-refractivity contribution >= 4 is 17.4 Å². The van der Waals surface area contributed by atoms with Gasteiger partial charge in [0, 0.05) is 12.6 Å². The van der Waals surface area contributed by atoms with E-state index in [-0.39, 0.29) is 6.10 Å². The zero-order valence-corrected chi connectivity index (χ0v) is 9.33. The second kappa shape index (κ2) is 4.33. The van der Waals surface area contributed by atoms with Gasteiger partial charge in [0.2, 0.25) is 0 Å². The number of nitrogens with zero attached hydrogens (tertiary/aromatic N) is 2. The first-order chi connectivity index (χ1) is 7.15. The van der Waals surface area contributed by atoms with Crippen molar-refractivity contribution in [3.63, 3.8) is 0 Å². The summed E-state index contributed by atoms with van der Waals surface area (Å²) >= 11 is 5.79. The molecule has 1 unspecified atom stereocenters. The van der Waals surface area contributed by atoms with Crippen LogP contribution in [0.1, 0.15) is 18.7 Å². The highest BCUT2D eigenvalue weighted by molar-refractivity contribution is 6.29. The molecule has 1 saturated carbocycles. The van der Waals surface area contributed by atoms with Crippen LogP contribution in [0.4, 0.5) is 5.82 Å². The first kappa shape index (κ1) is 10.6. The average molecular weight is 228 g/mol. The summed E-state index contributed by atoms with van der Waals surface area (Å²) in [6.45, 7) is 2.31. The first-order valence-corrected chi connectivity index (χ1v) is 5.46. The van der Waals surface area contributed by atoms with E-state index in [1.54, 1.807) is 13.0 Å². The molecule has 82 valence electrons. The number of anilines is 1. The van der Waals surface area contributed by atoms with E-state index in [4.69, 9.17) is 11.6 Å². The fourth-order valence-corrected chi connectivity index (χ4v) is 1.70. The minimum absolute atomic E-state index is 0.279. The summed E-state index contributed by atoms with van der Waals surface area (Å²) in [7, 11) is 0. The van der Waals surface area contributed by atoms with Gasteiger partial charge in [-0.3, -0.25) is 0 Å². The number of aryl methyl sites for hydroxylation is 1. The van der Waals surface area contributed by atoms with Crippen LogP contribution in [0.3, 0.4) is 0 Å². The Morgan fingerprint density at radius 3 is 2.93 bits per heavy atom. The standard InChI is InChI=1S/C10H14ClN3O/c1-6-13-9(11)4-10(14-6)12-5-8(15)7-2-3-7/h4,7-8,15H,2-3,5H2,1H3,(H,12,13,14). The Balaban J connectivity index is 1.91. The third kappa shape index (κ3) is 3.04. The Kier molecular flexibility index (Phi) is 3.07. The molecule has 0 aromatic carbocycles. The van der Waals surface area contributed by atoms with Crippen LogP contribution in [0.5, 0.6) is 0 Å². The van der Waals surface area contributed by atoms with Gasteiger partial charge in [0.1, 0.15) is 16.8 Å². The molecular formula is C10H14ClN3O. The first-order valence-electron chi connectivity index (χ1n) is 5.08. The molecule has 1 aromatic heterocycles. The molecule has 15 heavy (non-hydrogen) atoms. The van der Waals surface area contributed by atoms with E-state index in [1.165, 1.54) is 0 Å². The van der Waals surface area contributed by atoms with Crippen molar-refractivity contribution < 1.29 is 5.11 Å². The fourth-order valence-electron chi connectivity index (χ4n) is 1.48. The molecule has 2 rings (SSSR count). The van der Waals surface area contributed by atoms with Crippen LogP contribution >= 0.6 is 11.6 Å². The van der Waals surface area contributed by atoms with Crippen molar-refractivity contribution in [3.8, 4) is 0 Å². The Hall–Kier alpha value is -0.870. The van der Waals surface area contributed by atoms with Crippen LogP contribution in [-0.2, 0) is 0 Å². The Morgan fingerprint density at radius 1 is 1.60 bits per heavy atom. The number of nitrogens with one attached hydrogen (secondary N) is 1. The van der Waals surface area contributed by atoms with Gasteiger partial charge >= 0.3 is 0 Å². The number of aliphatic hydroxyl groups excluding tert-OH is 1. The lowest BCUT2D eigenvalue weighted by Gasteiger charge is -2.11. The molecule has 5 heteroatoms.